The average molecular weight is 280 g/mol. The van der Waals surface area contributed by atoms with Crippen molar-refractivity contribution in [1.29, 1.82) is 0 Å². The first-order valence-electron chi connectivity index (χ1n) is 7.34. The van der Waals surface area contributed by atoms with Crippen LogP contribution in [0.2, 0.25) is 0 Å². The highest BCUT2D eigenvalue weighted by molar-refractivity contribution is 5.61. The zero-order chi connectivity index (χ0) is 15.1. The molecule has 0 radical (unpaired) electrons. The van der Waals surface area contributed by atoms with Gasteiger partial charge in [-0.3, -0.25) is 0 Å². The van der Waals surface area contributed by atoms with E-state index in [0.29, 0.717) is 12.6 Å². The Bertz CT molecular complexity index is 407. The van der Waals surface area contributed by atoms with E-state index in [2.05, 4.69) is 44.0 Å². The molecule has 0 saturated carbocycles. The van der Waals surface area contributed by atoms with Gasteiger partial charge in [-0.2, -0.15) is 0 Å². The van der Waals surface area contributed by atoms with Crippen molar-refractivity contribution in [1.82, 2.24) is 5.32 Å². The Kier molecular flexibility index (Phi) is 6.82. The number of nitrogens with one attached hydrogen (secondary N) is 1. The molecule has 0 aromatic heterocycles. The van der Waals surface area contributed by atoms with Gasteiger partial charge in [-0.25, -0.2) is 0 Å². The third-order valence-corrected chi connectivity index (χ3v) is 3.48. The van der Waals surface area contributed by atoms with Crippen molar-refractivity contribution in [3.63, 3.8) is 0 Å². The molecule has 0 bridgehead atoms. The third-order valence-electron chi connectivity index (χ3n) is 3.48. The molecule has 4 heteroatoms. The van der Waals surface area contributed by atoms with Crippen LogP contribution in [0.1, 0.15) is 39.3 Å². The fourth-order valence-corrected chi connectivity index (χ4v) is 2.57. The molecule has 0 saturated heterocycles. The lowest BCUT2D eigenvalue weighted by Crippen LogP contribution is -2.35. The van der Waals surface area contributed by atoms with Crippen molar-refractivity contribution in [2.45, 2.75) is 39.8 Å². The molecule has 114 valence electrons. The molecular formula is C16H28N2O2. The van der Waals surface area contributed by atoms with Crippen LogP contribution in [0.15, 0.2) is 18.2 Å². The molecular weight excluding hydrogens is 252 g/mol. The Hall–Kier alpha value is -1.26. The first-order valence-corrected chi connectivity index (χ1v) is 7.34. The van der Waals surface area contributed by atoms with Gasteiger partial charge in [0, 0.05) is 29.9 Å². The number of nitrogens with zero attached hydrogens (tertiary/aromatic N) is 1. The van der Waals surface area contributed by atoms with E-state index in [1.54, 1.807) is 7.11 Å². The molecule has 0 spiro atoms. The highest BCUT2D eigenvalue weighted by Gasteiger charge is 2.20. The predicted molar refractivity (Wildman–Crippen MR) is 84.7 cm³/mol. The van der Waals surface area contributed by atoms with Gasteiger partial charge in [0.1, 0.15) is 5.75 Å². The van der Waals surface area contributed by atoms with Crippen LogP contribution < -0.4 is 15.0 Å². The Morgan fingerprint density at radius 3 is 2.50 bits per heavy atom. The summed E-state index contributed by atoms with van der Waals surface area (Å²) in [5.41, 5.74) is 2.28. The van der Waals surface area contributed by atoms with Gasteiger partial charge in [-0.1, -0.05) is 13.0 Å². The van der Waals surface area contributed by atoms with Crippen LogP contribution in [0, 0.1) is 0 Å². The molecule has 0 fully saturated rings. The number of anilines is 1. The third kappa shape index (κ3) is 3.87. The van der Waals surface area contributed by atoms with Crippen molar-refractivity contribution in [3.05, 3.63) is 23.8 Å². The first-order chi connectivity index (χ1) is 9.56. The molecule has 20 heavy (non-hydrogen) atoms. The summed E-state index contributed by atoms with van der Waals surface area (Å²) in [6, 6.07) is 6.61. The summed E-state index contributed by atoms with van der Waals surface area (Å²) < 4.78 is 5.53. The zero-order valence-corrected chi connectivity index (χ0v) is 13.3. The van der Waals surface area contributed by atoms with Gasteiger partial charge in [0.25, 0.3) is 0 Å². The minimum atomic E-state index is 0.143. The van der Waals surface area contributed by atoms with Crippen LogP contribution in [0.5, 0.6) is 5.75 Å². The number of rotatable bonds is 8. The summed E-state index contributed by atoms with van der Waals surface area (Å²) >= 11 is 0. The van der Waals surface area contributed by atoms with Gasteiger partial charge in [0.05, 0.1) is 13.7 Å². The number of benzene rings is 1. The van der Waals surface area contributed by atoms with Crippen LogP contribution in [0.25, 0.3) is 0 Å². The normalized spacial score (nSPS) is 12.6. The van der Waals surface area contributed by atoms with E-state index < -0.39 is 0 Å². The lowest BCUT2D eigenvalue weighted by Gasteiger charge is -2.32. The summed E-state index contributed by atoms with van der Waals surface area (Å²) in [5, 5.41) is 12.8. The van der Waals surface area contributed by atoms with E-state index in [0.717, 1.165) is 23.5 Å². The summed E-state index contributed by atoms with van der Waals surface area (Å²) in [4.78, 5) is 2.21. The molecule has 2 N–H and O–H groups in total. The van der Waals surface area contributed by atoms with E-state index >= 15 is 0 Å². The van der Waals surface area contributed by atoms with Gasteiger partial charge < -0.3 is 20.1 Å². The molecule has 0 heterocycles. The first kappa shape index (κ1) is 16.8. The lowest BCUT2D eigenvalue weighted by atomic mass is 10.0. The highest BCUT2D eigenvalue weighted by Crippen LogP contribution is 2.35. The zero-order valence-electron chi connectivity index (χ0n) is 13.3. The molecule has 1 aromatic carbocycles. The average Bonchev–Trinajstić information content (AvgIpc) is 2.43. The van der Waals surface area contributed by atoms with E-state index in [9.17, 15) is 5.11 Å². The molecule has 1 atom stereocenters. The maximum atomic E-state index is 9.32. The SMILES string of the molecule is CCNC(C)c1c(OC)cccc1N(CCO)C(C)C. The molecule has 0 aliphatic heterocycles. The minimum Gasteiger partial charge on any atom is -0.496 e. The van der Waals surface area contributed by atoms with Crippen LogP contribution in [-0.4, -0.2) is 38.0 Å². The van der Waals surface area contributed by atoms with Gasteiger partial charge >= 0.3 is 0 Å². The molecule has 4 nitrogen and oxygen atoms in total. The second kappa shape index (κ2) is 8.12. The van der Waals surface area contributed by atoms with Gasteiger partial charge in [-0.15, -0.1) is 0 Å². The molecule has 0 aliphatic carbocycles. The van der Waals surface area contributed by atoms with E-state index in [-0.39, 0.29) is 12.6 Å². The smallest absolute Gasteiger partial charge is 0.125 e. The molecule has 1 unspecified atom stereocenters. The summed E-state index contributed by atoms with van der Waals surface area (Å²) in [6.45, 7) is 10.2. The fraction of sp³-hybridized carbons (Fsp3) is 0.625. The summed E-state index contributed by atoms with van der Waals surface area (Å²) in [7, 11) is 1.70. The fourth-order valence-electron chi connectivity index (χ4n) is 2.57. The van der Waals surface area contributed by atoms with E-state index in [1.165, 1.54) is 0 Å². The number of methoxy groups -OCH3 is 1. The predicted octanol–water partition coefficient (Wildman–Crippen LogP) is 2.57. The van der Waals surface area contributed by atoms with Crippen LogP contribution in [-0.2, 0) is 0 Å². The number of aliphatic hydroxyl groups is 1. The monoisotopic (exact) mass is 280 g/mol. The van der Waals surface area contributed by atoms with Crippen molar-refractivity contribution >= 4 is 5.69 Å². The number of aliphatic hydroxyl groups excluding tert-OH is 1. The van der Waals surface area contributed by atoms with Crippen LogP contribution in [0.3, 0.4) is 0 Å². The van der Waals surface area contributed by atoms with E-state index in [1.807, 2.05) is 12.1 Å². The number of ether oxygens (including phenoxy) is 1. The topological polar surface area (TPSA) is 44.7 Å². The quantitative estimate of drug-likeness (QED) is 0.768. The second-order valence-electron chi connectivity index (χ2n) is 5.18. The Labute approximate surface area is 122 Å². The van der Waals surface area contributed by atoms with Gasteiger partial charge in [0.2, 0.25) is 0 Å². The summed E-state index contributed by atoms with van der Waals surface area (Å²) in [5.74, 6) is 0.888. The van der Waals surface area contributed by atoms with Gasteiger partial charge in [0.15, 0.2) is 0 Å². The number of hydrogen-bond donors (Lipinski definition) is 2. The number of hydrogen-bond acceptors (Lipinski definition) is 4. The molecule has 1 rings (SSSR count). The standard InChI is InChI=1S/C16H28N2O2/c1-6-17-13(4)16-14(8-7-9-15(16)20-5)18(10-11-19)12(2)3/h7-9,12-13,17,19H,6,10-11H2,1-5H3. The summed E-state index contributed by atoms with van der Waals surface area (Å²) in [6.07, 6.45) is 0. The Morgan fingerprint density at radius 2 is 2.00 bits per heavy atom. The van der Waals surface area contributed by atoms with Crippen molar-refractivity contribution in [3.8, 4) is 5.75 Å². The minimum absolute atomic E-state index is 0.143. The Morgan fingerprint density at radius 1 is 1.30 bits per heavy atom. The largest absolute Gasteiger partial charge is 0.496 e. The van der Waals surface area contributed by atoms with Crippen molar-refractivity contribution in [2.75, 3.05) is 31.7 Å². The highest BCUT2D eigenvalue weighted by atomic mass is 16.5. The van der Waals surface area contributed by atoms with Crippen LogP contribution in [0.4, 0.5) is 5.69 Å². The molecule has 0 amide bonds. The Balaban J connectivity index is 3.28. The van der Waals surface area contributed by atoms with E-state index in [4.69, 9.17) is 4.74 Å². The molecule has 1 aromatic rings. The van der Waals surface area contributed by atoms with Crippen molar-refractivity contribution < 1.29 is 9.84 Å². The maximum Gasteiger partial charge on any atom is 0.125 e. The molecule has 0 aliphatic rings. The maximum absolute atomic E-state index is 9.32. The van der Waals surface area contributed by atoms with Crippen LogP contribution >= 0.6 is 0 Å². The van der Waals surface area contributed by atoms with Crippen molar-refractivity contribution in [2.24, 2.45) is 0 Å². The lowest BCUT2D eigenvalue weighted by molar-refractivity contribution is 0.298. The van der Waals surface area contributed by atoms with Gasteiger partial charge in [-0.05, 0) is 39.4 Å². The second-order valence-corrected chi connectivity index (χ2v) is 5.18.